The van der Waals surface area contributed by atoms with Gasteiger partial charge in [0, 0.05) is 5.69 Å². The van der Waals surface area contributed by atoms with Gasteiger partial charge in [0.2, 0.25) is 0 Å². The van der Waals surface area contributed by atoms with E-state index >= 15 is 0 Å². The summed E-state index contributed by atoms with van der Waals surface area (Å²) in [5.74, 6) is -0.688. The summed E-state index contributed by atoms with van der Waals surface area (Å²) in [6.45, 7) is 5.48. The second-order valence-electron chi connectivity index (χ2n) is 5.47. The van der Waals surface area contributed by atoms with Crippen molar-refractivity contribution >= 4 is 29.2 Å². The van der Waals surface area contributed by atoms with Gasteiger partial charge >= 0.3 is 5.97 Å². The first-order valence-electron chi connectivity index (χ1n) is 7.25. The third-order valence-electron chi connectivity index (χ3n) is 3.09. The molecule has 0 aliphatic carbocycles. The van der Waals surface area contributed by atoms with Crippen LogP contribution in [0.15, 0.2) is 42.5 Å². The van der Waals surface area contributed by atoms with E-state index in [1.54, 1.807) is 50.2 Å². The number of carbonyl (C=O) groups is 2. The number of halogens is 1. The Bertz CT molecular complexity index is 724. The highest BCUT2D eigenvalue weighted by atomic mass is 35.5. The topological polar surface area (TPSA) is 55.4 Å². The lowest BCUT2D eigenvalue weighted by molar-refractivity contribution is 0.0378. The molecule has 0 aliphatic heterocycles. The number of anilines is 1. The van der Waals surface area contributed by atoms with E-state index in [0.717, 1.165) is 5.56 Å². The first-order valence-corrected chi connectivity index (χ1v) is 7.63. The molecule has 0 aromatic heterocycles. The standard InChI is InChI=1S/C18H18ClNO3/c1-11(2)23-18(22)13-5-7-14(8-6-13)20-17(21)15-9-4-12(3)10-16(15)19/h4-11H,1-3H3,(H,20,21). The zero-order valence-electron chi connectivity index (χ0n) is 13.2. The van der Waals surface area contributed by atoms with Crippen molar-refractivity contribution in [3.8, 4) is 0 Å². The molecule has 0 radical (unpaired) electrons. The Morgan fingerprint density at radius 2 is 1.74 bits per heavy atom. The smallest absolute Gasteiger partial charge is 0.338 e. The summed E-state index contributed by atoms with van der Waals surface area (Å²) in [5.41, 5.74) is 2.40. The minimum Gasteiger partial charge on any atom is -0.459 e. The van der Waals surface area contributed by atoms with Crippen LogP contribution in [0.4, 0.5) is 5.69 Å². The first-order chi connectivity index (χ1) is 10.9. The van der Waals surface area contributed by atoms with Crippen LogP contribution in [0.3, 0.4) is 0 Å². The SMILES string of the molecule is Cc1ccc(C(=O)Nc2ccc(C(=O)OC(C)C)cc2)c(Cl)c1. The molecule has 0 unspecified atom stereocenters. The number of aryl methyl sites for hydroxylation is 1. The van der Waals surface area contributed by atoms with Crippen molar-refractivity contribution in [3.05, 3.63) is 64.2 Å². The molecule has 4 nitrogen and oxygen atoms in total. The van der Waals surface area contributed by atoms with Crippen molar-refractivity contribution < 1.29 is 14.3 Å². The Kier molecular flexibility index (Phi) is 5.40. The molecule has 0 spiro atoms. The van der Waals surface area contributed by atoms with Gasteiger partial charge in [-0.3, -0.25) is 4.79 Å². The minimum absolute atomic E-state index is 0.175. The van der Waals surface area contributed by atoms with Crippen LogP contribution >= 0.6 is 11.6 Å². The molecule has 5 heteroatoms. The van der Waals surface area contributed by atoms with Crippen molar-refractivity contribution in [2.24, 2.45) is 0 Å². The highest BCUT2D eigenvalue weighted by molar-refractivity contribution is 6.34. The molecule has 1 amide bonds. The highest BCUT2D eigenvalue weighted by Gasteiger charge is 2.12. The quantitative estimate of drug-likeness (QED) is 0.841. The van der Waals surface area contributed by atoms with Gasteiger partial charge in [-0.2, -0.15) is 0 Å². The van der Waals surface area contributed by atoms with E-state index in [0.29, 0.717) is 21.8 Å². The minimum atomic E-state index is -0.389. The number of carbonyl (C=O) groups excluding carboxylic acids is 2. The molecule has 23 heavy (non-hydrogen) atoms. The summed E-state index contributed by atoms with van der Waals surface area (Å²) in [5, 5.41) is 3.15. The molecule has 2 aromatic carbocycles. The maximum absolute atomic E-state index is 12.2. The molecule has 0 saturated carbocycles. The lowest BCUT2D eigenvalue weighted by atomic mass is 10.1. The van der Waals surface area contributed by atoms with Gasteiger partial charge in [0.15, 0.2) is 0 Å². The molecule has 0 atom stereocenters. The number of ether oxygens (including phenoxy) is 1. The lowest BCUT2D eigenvalue weighted by Crippen LogP contribution is -2.13. The Hall–Kier alpha value is -2.33. The number of hydrogen-bond acceptors (Lipinski definition) is 3. The Balaban J connectivity index is 2.08. The third kappa shape index (κ3) is 4.57. The summed E-state index contributed by atoms with van der Waals surface area (Å²) >= 11 is 6.08. The van der Waals surface area contributed by atoms with Gasteiger partial charge in [0.1, 0.15) is 0 Å². The van der Waals surface area contributed by atoms with Gasteiger partial charge in [0.05, 0.1) is 22.3 Å². The second kappa shape index (κ2) is 7.29. The fourth-order valence-electron chi connectivity index (χ4n) is 1.97. The summed E-state index contributed by atoms with van der Waals surface area (Å²) < 4.78 is 5.11. The number of esters is 1. The van der Waals surface area contributed by atoms with Crippen LogP contribution in [0.25, 0.3) is 0 Å². The Morgan fingerprint density at radius 3 is 2.30 bits per heavy atom. The first kappa shape index (κ1) is 17.0. The van der Waals surface area contributed by atoms with Gasteiger partial charge in [-0.15, -0.1) is 0 Å². The number of hydrogen-bond donors (Lipinski definition) is 1. The van der Waals surface area contributed by atoms with E-state index < -0.39 is 0 Å². The van der Waals surface area contributed by atoms with Gasteiger partial charge in [-0.25, -0.2) is 4.79 Å². The maximum atomic E-state index is 12.2. The molecule has 0 fully saturated rings. The van der Waals surface area contributed by atoms with Crippen LogP contribution in [0.2, 0.25) is 5.02 Å². The van der Waals surface area contributed by atoms with E-state index in [-0.39, 0.29) is 18.0 Å². The van der Waals surface area contributed by atoms with Crippen LogP contribution in [0.1, 0.15) is 40.1 Å². The lowest BCUT2D eigenvalue weighted by Gasteiger charge is -2.10. The largest absolute Gasteiger partial charge is 0.459 e. The fraction of sp³-hybridized carbons (Fsp3) is 0.222. The molecule has 1 N–H and O–H groups in total. The third-order valence-corrected chi connectivity index (χ3v) is 3.40. The number of benzene rings is 2. The van der Waals surface area contributed by atoms with Gasteiger partial charge < -0.3 is 10.1 Å². The zero-order valence-corrected chi connectivity index (χ0v) is 14.0. The van der Waals surface area contributed by atoms with Crippen LogP contribution in [-0.2, 0) is 4.74 Å². The molecular weight excluding hydrogens is 314 g/mol. The monoisotopic (exact) mass is 331 g/mol. The predicted molar refractivity (Wildman–Crippen MR) is 91.1 cm³/mol. The molecule has 2 aromatic rings. The summed E-state index contributed by atoms with van der Waals surface area (Å²) in [7, 11) is 0. The summed E-state index contributed by atoms with van der Waals surface area (Å²) in [6.07, 6.45) is -0.175. The van der Waals surface area contributed by atoms with Crippen LogP contribution in [0.5, 0.6) is 0 Å². The average molecular weight is 332 g/mol. The Labute approximate surface area is 140 Å². The van der Waals surface area contributed by atoms with Crippen molar-refractivity contribution in [3.63, 3.8) is 0 Å². The van der Waals surface area contributed by atoms with Crippen LogP contribution < -0.4 is 5.32 Å². The van der Waals surface area contributed by atoms with E-state index in [2.05, 4.69) is 5.32 Å². The van der Waals surface area contributed by atoms with E-state index in [4.69, 9.17) is 16.3 Å². The molecule has 0 saturated heterocycles. The summed E-state index contributed by atoms with van der Waals surface area (Å²) in [6, 6.07) is 11.8. The molecule has 2 rings (SSSR count). The van der Waals surface area contributed by atoms with Crippen molar-refractivity contribution in [2.75, 3.05) is 5.32 Å². The van der Waals surface area contributed by atoms with Crippen LogP contribution in [-0.4, -0.2) is 18.0 Å². The van der Waals surface area contributed by atoms with Gasteiger partial charge in [0.25, 0.3) is 5.91 Å². The highest BCUT2D eigenvalue weighted by Crippen LogP contribution is 2.19. The maximum Gasteiger partial charge on any atom is 0.338 e. The number of nitrogens with one attached hydrogen (secondary N) is 1. The second-order valence-corrected chi connectivity index (χ2v) is 5.88. The summed E-state index contributed by atoms with van der Waals surface area (Å²) in [4.78, 5) is 24.0. The molecule has 0 heterocycles. The molecule has 120 valence electrons. The average Bonchev–Trinajstić information content (AvgIpc) is 2.47. The van der Waals surface area contributed by atoms with Gasteiger partial charge in [-0.05, 0) is 62.7 Å². The Morgan fingerprint density at radius 1 is 1.09 bits per heavy atom. The predicted octanol–water partition coefficient (Wildman–Crippen LogP) is 4.47. The molecule has 0 aliphatic rings. The molecule has 0 bridgehead atoms. The van der Waals surface area contributed by atoms with Crippen LogP contribution in [0, 0.1) is 6.92 Å². The van der Waals surface area contributed by atoms with E-state index in [1.807, 2.05) is 13.0 Å². The molecular formula is C18H18ClNO3. The van der Waals surface area contributed by atoms with Crippen molar-refractivity contribution in [1.82, 2.24) is 0 Å². The zero-order chi connectivity index (χ0) is 17.0. The fourth-order valence-corrected chi connectivity index (χ4v) is 2.30. The van der Waals surface area contributed by atoms with Crippen molar-refractivity contribution in [1.29, 1.82) is 0 Å². The van der Waals surface area contributed by atoms with E-state index in [1.165, 1.54) is 0 Å². The number of amides is 1. The van der Waals surface area contributed by atoms with Gasteiger partial charge in [-0.1, -0.05) is 17.7 Å². The van der Waals surface area contributed by atoms with Crippen molar-refractivity contribution in [2.45, 2.75) is 26.9 Å². The normalized spacial score (nSPS) is 10.5. The van der Waals surface area contributed by atoms with E-state index in [9.17, 15) is 9.59 Å². The number of rotatable bonds is 4.